The van der Waals surface area contributed by atoms with Crippen LogP contribution in [0.5, 0.6) is 0 Å². The number of nitrogens with one attached hydrogen (secondary N) is 1. The van der Waals surface area contributed by atoms with Crippen LogP contribution < -0.4 is 5.32 Å². The summed E-state index contributed by atoms with van der Waals surface area (Å²) in [6, 6.07) is 0.778. The van der Waals surface area contributed by atoms with Crippen LogP contribution in [0.25, 0.3) is 0 Å². The second-order valence-electron chi connectivity index (χ2n) is 3.02. The van der Waals surface area contributed by atoms with E-state index in [1.165, 1.54) is 19.4 Å². The first-order valence-electron chi connectivity index (χ1n) is 3.44. The van der Waals surface area contributed by atoms with E-state index >= 15 is 0 Å². The minimum atomic E-state index is 0.731. The summed E-state index contributed by atoms with van der Waals surface area (Å²) in [5.41, 5.74) is 0. The fourth-order valence-corrected chi connectivity index (χ4v) is 1.96. The van der Waals surface area contributed by atoms with Crippen LogP contribution in [-0.2, 0) is 0 Å². The van der Waals surface area contributed by atoms with E-state index in [1.807, 2.05) is 0 Å². The van der Waals surface area contributed by atoms with Gasteiger partial charge in [0.1, 0.15) is 0 Å². The van der Waals surface area contributed by atoms with Gasteiger partial charge in [-0.15, -0.1) is 0 Å². The highest BCUT2D eigenvalue weighted by Crippen LogP contribution is 2.35. The molecule has 2 aliphatic rings. The maximum absolute atomic E-state index is 4.10. The maximum Gasteiger partial charge on any atom is 0.00986 e. The first-order chi connectivity index (χ1) is 3.88. The Hall–Kier alpha value is -0.0400. The Morgan fingerprint density at radius 1 is 1.38 bits per heavy atom. The molecule has 0 aromatic heterocycles. The Labute approximate surface area is 50.5 Å². The van der Waals surface area contributed by atoms with Crippen molar-refractivity contribution in [3.63, 3.8) is 0 Å². The molecule has 0 aromatic carbocycles. The number of rotatable bonds is 0. The van der Waals surface area contributed by atoms with Gasteiger partial charge in [0.05, 0.1) is 0 Å². The Morgan fingerprint density at radius 3 is 2.38 bits per heavy atom. The molecule has 1 N–H and O–H groups in total. The molecule has 0 aromatic rings. The molecule has 1 aliphatic heterocycles. The fraction of sp³-hybridized carbons (Fsp3) is 0.857. The Balaban J connectivity index is 2.16. The van der Waals surface area contributed by atoms with Crippen LogP contribution >= 0.6 is 0 Å². The number of piperidine rings is 1. The van der Waals surface area contributed by atoms with Gasteiger partial charge >= 0.3 is 0 Å². The molecule has 3 atom stereocenters. The predicted molar refractivity (Wildman–Crippen MR) is 33.4 cm³/mol. The van der Waals surface area contributed by atoms with Crippen LogP contribution in [0.4, 0.5) is 0 Å². The lowest BCUT2D eigenvalue weighted by atomic mass is 10.0. The SMILES string of the molecule is [CH2]C1C2CCC1NC2. The number of fused-ring (bicyclic) bond motifs is 2. The van der Waals surface area contributed by atoms with Gasteiger partial charge in [-0.2, -0.15) is 0 Å². The Morgan fingerprint density at radius 2 is 2.25 bits per heavy atom. The third kappa shape index (κ3) is 0.455. The lowest BCUT2D eigenvalue weighted by Crippen LogP contribution is -2.25. The first-order valence-corrected chi connectivity index (χ1v) is 3.44. The Bertz CT molecular complexity index is 80.6. The molecule has 0 spiro atoms. The molecule has 1 saturated heterocycles. The average molecular weight is 110 g/mol. The zero-order chi connectivity index (χ0) is 5.56. The minimum Gasteiger partial charge on any atom is -0.313 e. The van der Waals surface area contributed by atoms with Crippen LogP contribution in [0.15, 0.2) is 0 Å². The molecule has 8 heavy (non-hydrogen) atoms. The molecule has 2 bridgehead atoms. The largest absolute Gasteiger partial charge is 0.313 e. The van der Waals surface area contributed by atoms with E-state index in [-0.39, 0.29) is 0 Å². The molecule has 1 radical (unpaired) electrons. The summed E-state index contributed by atoms with van der Waals surface area (Å²) in [7, 11) is 0. The molecule has 1 saturated carbocycles. The summed E-state index contributed by atoms with van der Waals surface area (Å²) in [6.07, 6.45) is 2.80. The molecule has 2 rings (SSSR count). The van der Waals surface area contributed by atoms with Crippen molar-refractivity contribution in [2.24, 2.45) is 11.8 Å². The average Bonchev–Trinajstić information content (AvgIpc) is 2.29. The molecular weight excluding hydrogens is 98.1 g/mol. The van der Waals surface area contributed by atoms with Crippen LogP contribution in [0.2, 0.25) is 0 Å². The third-order valence-corrected chi connectivity index (χ3v) is 2.61. The molecule has 3 unspecified atom stereocenters. The van der Waals surface area contributed by atoms with Gasteiger partial charge in [0.2, 0.25) is 0 Å². The van der Waals surface area contributed by atoms with E-state index in [0.717, 1.165) is 17.9 Å². The van der Waals surface area contributed by atoms with E-state index < -0.39 is 0 Å². The highest BCUT2D eigenvalue weighted by Gasteiger charge is 2.37. The van der Waals surface area contributed by atoms with Crippen molar-refractivity contribution in [2.75, 3.05) is 6.54 Å². The van der Waals surface area contributed by atoms with Crippen molar-refractivity contribution in [3.05, 3.63) is 6.92 Å². The lowest BCUT2D eigenvalue weighted by Gasteiger charge is -2.08. The van der Waals surface area contributed by atoms with Crippen LogP contribution in [-0.4, -0.2) is 12.6 Å². The summed E-state index contributed by atoms with van der Waals surface area (Å²) >= 11 is 0. The van der Waals surface area contributed by atoms with Gasteiger partial charge in [-0.3, -0.25) is 0 Å². The van der Waals surface area contributed by atoms with Crippen molar-refractivity contribution < 1.29 is 0 Å². The van der Waals surface area contributed by atoms with Gasteiger partial charge in [-0.25, -0.2) is 0 Å². The van der Waals surface area contributed by atoms with E-state index in [2.05, 4.69) is 12.2 Å². The molecule has 1 heterocycles. The van der Waals surface area contributed by atoms with Gasteiger partial charge in [0.15, 0.2) is 0 Å². The highest BCUT2D eigenvalue weighted by molar-refractivity contribution is 4.97. The summed E-state index contributed by atoms with van der Waals surface area (Å²) < 4.78 is 0. The second kappa shape index (κ2) is 1.47. The smallest absolute Gasteiger partial charge is 0.00986 e. The zero-order valence-electron chi connectivity index (χ0n) is 5.06. The molecular formula is C7H12N. The normalized spacial score (nSPS) is 52.9. The second-order valence-corrected chi connectivity index (χ2v) is 3.02. The van der Waals surface area contributed by atoms with Crippen LogP contribution in [0.3, 0.4) is 0 Å². The standard InChI is InChI=1S/C7H12N/c1-5-6-2-3-7(5)8-4-6/h5-8H,1-4H2. The molecule has 45 valence electrons. The number of hydrogen-bond donors (Lipinski definition) is 1. The van der Waals surface area contributed by atoms with E-state index in [4.69, 9.17) is 0 Å². The van der Waals surface area contributed by atoms with Crippen molar-refractivity contribution in [2.45, 2.75) is 18.9 Å². The summed E-state index contributed by atoms with van der Waals surface area (Å²) in [5, 5.41) is 3.44. The molecule has 2 fully saturated rings. The minimum absolute atomic E-state index is 0.731. The van der Waals surface area contributed by atoms with Crippen LogP contribution in [0, 0.1) is 18.8 Å². The summed E-state index contributed by atoms with van der Waals surface area (Å²) in [5.74, 6) is 1.65. The lowest BCUT2D eigenvalue weighted by molar-refractivity contribution is 0.501. The molecule has 1 aliphatic carbocycles. The molecule has 1 nitrogen and oxygen atoms in total. The van der Waals surface area contributed by atoms with Gasteiger partial charge < -0.3 is 5.32 Å². The van der Waals surface area contributed by atoms with Crippen molar-refractivity contribution in [1.82, 2.24) is 5.32 Å². The predicted octanol–water partition coefficient (Wildman–Crippen LogP) is 0.818. The van der Waals surface area contributed by atoms with Gasteiger partial charge in [0.25, 0.3) is 0 Å². The molecule has 1 heteroatoms. The van der Waals surface area contributed by atoms with Crippen molar-refractivity contribution >= 4 is 0 Å². The van der Waals surface area contributed by atoms with Crippen molar-refractivity contribution in [1.29, 1.82) is 0 Å². The van der Waals surface area contributed by atoms with Gasteiger partial charge in [-0.1, -0.05) is 0 Å². The molecule has 0 amide bonds. The van der Waals surface area contributed by atoms with Gasteiger partial charge in [0, 0.05) is 6.04 Å². The topological polar surface area (TPSA) is 12.0 Å². The van der Waals surface area contributed by atoms with Gasteiger partial charge in [-0.05, 0) is 38.1 Å². The highest BCUT2D eigenvalue weighted by atomic mass is 15.0. The van der Waals surface area contributed by atoms with Crippen molar-refractivity contribution in [3.8, 4) is 0 Å². The van der Waals surface area contributed by atoms with E-state index in [9.17, 15) is 0 Å². The Kier molecular flexibility index (Phi) is 0.884. The maximum atomic E-state index is 4.10. The monoisotopic (exact) mass is 110 g/mol. The fourth-order valence-electron chi connectivity index (χ4n) is 1.96. The third-order valence-electron chi connectivity index (χ3n) is 2.61. The quantitative estimate of drug-likeness (QED) is 0.487. The first kappa shape index (κ1) is 4.80. The van der Waals surface area contributed by atoms with Crippen LogP contribution in [0.1, 0.15) is 12.8 Å². The zero-order valence-corrected chi connectivity index (χ0v) is 5.06. The number of hydrogen-bond acceptors (Lipinski definition) is 1. The van der Waals surface area contributed by atoms with E-state index in [1.54, 1.807) is 0 Å². The summed E-state index contributed by atoms with van der Waals surface area (Å²) in [4.78, 5) is 0. The van der Waals surface area contributed by atoms with E-state index in [0.29, 0.717) is 0 Å². The summed E-state index contributed by atoms with van der Waals surface area (Å²) in [6.45, 7) is 5.33.